The van der Waals surface area contributed by atoms with Gasteiger partial charge < -0.3 is 10.1 Å². The maximum atomic E-state index is 13.7. The summed E-state index contributed by atoms with van der Waals surface area (Å²) in [7, 11) is 1.63. The van der Waals surface area contributed by atoms with Gasteiger partial charge in [-0.25, -0.2) is 14.4 Å². The average Bonchev–Trinajstić information content (AvgIpc) is 2.54. The number of hydrogen-bond acceptors (Lipinski definition) is 4. The first-order valence-electron chi connectivity index (χ1n) is 6.54. The summed E-state index contributed by atoms with van der Waals surface area (Å²) in [5.74, 6) is 1.09. The maximum Gasteiger partial charge on any atom is 0.149 e. The lowest BCUT2D eigenvalue weighted by Crippen LogP contribution is -2.03. The number of nitrogens with one attached hydrogen (secondary N) is 1. The number of ether oxygens (including phenoxy) is 1. The predicted molar refractivity (Wildman–Crippen MR) is 79.8 cm³/mol. The van der Waals surface area contributed by atoms with Crippen LogP contribution in [0.15, 0.2) is 48.8 Å². The molecule has 0 spiro atoms. The van der Waals surface area contributed by atoms with Gasteiger partial charge >= 0.3 is 0 Å². The van der Waals surface area contributed by atoms with E-state index in [0.29, 0.717) is 23.3 Å². The van der Waals surface area contributed by atoms with Crippen LogP contribution in [-0.4, -0.2) is 17.1 Å². The van der Waals surface area contributed by atoms with E-state index in [1.54, 1.807) is 19.2 Å². The minimum absolute atomic E-state index is 0.324. The summed E-state index contributed by atoms with van der Waals surface area (Å²) in [6, 6.07) is 12.6. The zero-order chi connectivity index (χ0) is 14.7. The van der Waals surface area contributed by atoms with Crippen molar-refractivity contribution in [1.29, 1.82) is 0 Å². The second-order valence-electron chi connectivity index (χ2n) is 4.56. The molecular weight excluding hydrogens is 269 g/mol. The third-order valence-corrected chi connectivity index (χ3v) is 3.23. The van der Waals surface area contributed by atoms with Gasteiger partial charge in [0.05, 0.1) is 7.11 Å². The van der Waals surface area contributed by atoms with E-state index in [1.165, 1.54) is 12.4 Å². The van der Waals surface area contributed by atoms with E-state index < -0.39 is 0 Å². The zero-order valence-electron chi connectivity index (χ0n) is 11.5. The van der Waals surface area contributed by atoms with Gasteiger partial charge in [-0.2, -0.15) is 0 Å². The lowest BCUT2D eigenvalue weighted by Gasteiger charge is -2.09. The molecule has 0 amide bonds. The summed E-state index contributed by atoms with van der Waals surface area (Å²) in [4.78, 5) is 8.16. The fraction of sp³-hybridized carbons (Fsp3) is 0.125. The minimum Gasteiger partial charge on any atom is -0.497 e. The minimum atomic E-state index is -0.345. The highest BCUT2D eigenvalue weighted by molar-refractivity contribution is 5.89. The third kappa shape index (κ3) is 2.76. The Morgan fingerprint density at radius 1 is 1.10 bits per heavy atom. The van der Waals surface area contributed by atoms with Crippen molar-refractivity contribution in [1.82, 2.24) is 9.97 Å². The van der Waals surface area contributed by atoms with Gasteiger partial charge in [-0.1, -0.05) is 18.2 Å². The molecule has 106 valence electrons. The molecular formula is C16H14FN3O. The second kappa shape index (κ2) is 5.75. The molecule has 1 heterocycles. The molecule has 0 fully saturated rings. The Balaban J connectivity index is 1.83. The summed E-state index contributed by atoms with van der Waals surface area (Å²) >= 11 is 0. The smallest absolute Gasteiger partial charge is 0.149 e. The van der Waals surface area contributed by atoms with Gasteiger partial charge in [0.25, 0.3) is 0 Å². The molecule has 1 aromatic heterocycles. The molecule has 5 heteroatoms. The Morgan fingerprint density at radius 2 is 1.90 bits per heavy atom. The Labute approximate surface area is 121 Å². The van der Waals surface area contributed by atoms with Crippen molar-refractivity contribution < 1.29 is 9.13 Å². The number of aromatic nitrogens is 2. The molecule has 0 unspecified atom stereocenters. The van der Waals surface area contributed by atoms with Crippen LogP contribution in [0.4, 0.5) is 10.2 Å². The Morgan fingerprint density at radius 3 is 2.67 bits per heavy atom. The maximum absolute atomic E-state index is 13.7. The molecule has 21 heavy (non-hydrogen) atoms. The molecule has 4 nitrogen and oxygen atoms in total. The van der Waals surface area contributed by atoms with Crippen molar-refractivity contribution in [2.45, 2.75) is 6.54 Å². The number of para-hydroxylation sites is 1. The van der Waals surface area contributed by atoms with Crippen molar-refractivity contribution in [2.75, 3.05) is 12.4 Å². The van der Waals surface area contributed by atoms with Gasteiger partial charge in [-0.3, -0.25) is 0 Å². The molecule has 0 aliphatic rings. The largest absolute Gasteiger partial charge is 0.497 e. The van der Waals surface area contributed by atoms with Crippen LogP contribution < -0.4 is 10.1 Å². The van der Waals surface area contributed by atoms with E-state index in [2.05, 4.69) is 15.3 Å². The van der Waals surface area contributed by atoms with E-state index in [0.717, 1.165) is 11.3 Å². The summed E-state index contributed by atoms with van der Waals surface area (Å²) in [5, 5.41) is 3.88. The first-order valence-corrected chi connectivity index (χ1v) is 6.54. The Hall–Kier alpha value is -2.69. The molecule has 0 aliphatic heterocycles. The molecule has 0 radical (unpaired) electrons. The van der Waals surface area contributed by atoms with Gasteiger partial charge in [0.1, 0.15) is 29.2 Å². The van der Waals surface area contributed by atoms with Crippen LogP contribution in [0.3, 0.4) is 0 Å². The third-order valence-electron chi connectivity index (χ3n) is 3.23. The SMILES string of the molecule is COc1ccc(CNc2ncnc3c(F)cccc23)cc1. The van der Waals surface area contributed by atoms with Gasteiger partial charge in [0, 0.05) is 11.9 Å². The molecule has 0 saturated heterocycles. The lowest BCUT2D eigenvalue weighted by atomic mass is 10.2. The molecule has 0 bridgehead atoms. The van der Waals surface area contributed by atoms with Gasteiger partial charge in [-0.15, -0.1) is 0 Å². The summed E-state index contributed by atoms with van der Waals surface area (Å²) in [5.41, 5.74) is 1.41. The Bertz CT molecular complexity index is 759. The fourth-order valence-electron chi connectivity index (χ4n) is 2.12. The fourth-order valence-corrected chi connectivity index (χ4v) is 2.12. The molecule has 0 aliphatic carbocycles. The summed E-state index contributed by atoms with van der Waals surface area (Å²) in [6.07, 6.45) is 1.36. The monoisotopic (exact) mass is 283 g/mol. The summed E-state index contributed by atoms with van der Waals surface area (Å²) in [6.45, 7) is 0.590. The second-order valence-corrected chi connectivity index (χ2v) is 4.56. The van der Waals surface area contributed by atoms with E-state index >= 15 is 0 Å². The molecule has 1 N–H and O–H groups in total. The van der Waals surface area contributed by atoms with Crippen molar-refractivity contribution in [3.05, 3.63) is 60.2 Å². The van der Waals surface area contributed by atoms with Gasteiger partial charge in [0.15, 0.2) is 0 Å². The average molecular weight is 283 g/mol. The van der Waals surface area contributed by atoms with E-state index in [1.807, 2.05) is 24.3 Å². The highest BCUT2D eigenvalue weighted by atomic mass is 19.1. The van der Waals surface area contributed by atoms with E-state index in [-0.39, 0.29) is 5.82 Å². The van der Waals surface area contributed by atoms with E-state index in [4.69, 9.17) is 4.74 Å². The predicted octanol–water partition coefficient (Wildman–Crippen LogP) is 3.39. The number of nitrogens with zero attached hydrogens (tertiary/aromatic N) is 2. The highest BCUT2D eigenvalue weighted by Gasteiger charge is 2.06. The molecule has 3 rings (SSSR count). The number of fused-ring (bicyclic) bond motifs is 1. The summed E-state index contributed by atoms with van der Waals surface area (Å²) < 4.78 is 18.8. The molecule has 2 aromatic carbocycles. The topological polar surface area (TPSA) is 47.0 Å². The van der Waals surface area contributed by atoms with Crippen LogP contribution in [0.1, 0.15) is 5.56 Å². The van der Waals surface area contributed by atoms with Crippen LogP contribution in [0.25, 0.3) is 10.9 Å². The van der Waals surface area contributed by atoms with Crippen LogP contribution in [0, 0.1) is 5.82 Å². The number of anilines is 1. The first kappa shape index (κ1) is 13.3. The number of rotatable bonds is 4. The van der Waals surface area contributed by atoms with Crippen LogP contribution in [0.5, 0.6) is 5.75 Å². The standard InChI is InChI=1S/C16H14FN3O/c1-21-12-7-5-11(6-8-12)9-18-16-13-3-2-4-14(17)15(13)19-10-20-16/h2-8,10H,9H2,1H3,(H,18,19,20). The molecule has 0 atom stereocenters. The van der Waals surface area contributed by atoms with Crippen molar-refractivity contribution in [3.63, 3.8) is 0 Å². The Kier molecular flexibility index (Phi) is 3.64. The van der Waals surface area contributed by atoms with Crippen LogP contribution in [-0.2, 0) is 6.54 Å². The van der Waals surface area contributed by atoms with Crippen molar-refractivity contribution in [3.8, 4) is 5.75 Å². The van der Waals surface area contributed by atoms with Crippen molar-refractivity contribution in [2.24, 2.45) is 0 Å². The lowest BCUT2D eigenvalue weighted by molar-refractivity contribution is 0.414. The quantitative estimate of drug-likeness (QED) is 0.797. The molecule has 3 aromatic rings. The highest BCUT2D eigenvalue weighted by Crippen LogP contribution is 2.22. The van der Waals surface area contributed by atoms with E-state index in [9.17, 15) is 4.39 Å². The normalized spacial score (nSPS) is 10.6. The number of benzene rings is 2. The number of halogens is 1. The van der Waals surface area contributed by atoms with Crippen LogP contribution >= 0.6 is 0 Å². The van der Waals surface area contributed by atoms with Crippen LogP contribution in [0.2, 0.25) is 0 Å². The van der Waals surface area contributed by atoms with Gasteiger partial charge in [0.2, 0.25) is 0 Å². The molecule has 0 saturated carbocycles. The van der Waals surface area contributed by atoms with Gasteiger partial charge in [-0.05, 0) is 29.8 Å². The number of hydrogen-bond donors (Lipinski definition) is 1. The zero-order valence-corrected chi connectivity index (χ0v) is 11.5. The van der Waals surface area contributed by atoms with Crippen molar-refractivity contribution >= 4 is 16.7 Å². The number of methoxy groups -OCH3 is 1. The first-order chi connectivity index (χ1) is 10.3.